The minimum atomic E-state index is -0.152. The Kier molecular flexibility index (Phi) is 6.03. The van der Waals surface area contributed by atoms with Crippen LogP contribution in [0.2, 0.25) is 0 Å². The van der Waals surface area contributed by atoms with E-state index in [1.165, 1.54) is 0 Å². The molecule has 2 amide bonds. The third kappa shape index (κ3) is 4.84. The van der Waals surface area contributed by atoms with E-state index in [0.29, 0.717) is 44.0 Å². The van der Waals surface area contributed by atoms with Gasteiger partial charge >= 0.3 is 0 Å². The third-order valence-electron chi connectivity index (χ3n) is 5.06. The monoisotopic (exact) mass is 401 g/mol. The molecule has 0 bridgehead atoms. The summed E-state index contributed by atoms with van der Waals surface area (Å²) in [5.41, 5.74) is 3.35. The van der Waals surface area contributed by atoms with Gasteiger partial charge in [-0.15, -0.1) is 0 Å². The molecule has 6 nitrogen and oxygen atoms in total. The van der Waals surface area contributed by atoms with Gasteiger partial charge in [-0.2, -0.15) is 0 Å². The van der Waals surface area contributed by atoms with Crippen LogP contribution in [0.15, 0.2) is 73.1 Å². The van der Waals surface area contributed by atoms with Gasteiger partial charge in [0.15, 0.2) is 0 Å². The van der Waals surface area contributed by atoms with Gasteiger partial charge < -0.3 is 15.0 Å². The van der Waals surface area contributed by atoms with Crippen molar-refractivity contribution in [2.45, 2.75) is 19.5 Å². The van der Waals surface area contributed by atoms with E-state index >= 15 is 0 Å². The van der Waals surface area contributed by atoms with E-state index in [4.69, 9.17) is 4.74 Å². The number of pyridine rings is 1. The highest BCUT2D eigenvalue weighted by Gasteiger charge is 2.21. The van der Waals surface area contributed by atoms with Crippen LogP contribution in [0.5, 0.6) is 5.75 Å². The summed E-state index contributed by atoms with van der Waals surface area (Å²) in [6.45, 7) is 1.81. The number of carbonyl (C=O) groups excluding carboxylic acids is 2. The normalized spacial score (nSPS) is 13.0. The molecule has 0 atom stereocenters. The van der Waals surface area contributed by atoms with Crippen LogP contribution in [-0.4, -0.2) is 34.8 Å². The summed E-state index contributed by atoms with van der Waals surface area (Å²) in [6, 6.07) is 18.8. The van der Waals surface area contributed by atoms with Crippen molar-refractivity contribution in [3.8, 4) is 5.75 Å². The third-order valence-corrected chi connectivity index (χ3v) is 5.06. The molecule has 1 aliphatic rings. The number of aromatic nitrogens is 1. The molecule has 0 saturated carbocycles. The van der Waals surface area contributed by atoms with E-state index in [9.17, 15) is 9.59 Å². The number of fused-ring (bicyclic) bond motifs is 1. The number of hydrogen-bond acceptors (Lipinski definition) is 4. The maximum absolute atomic E-state index is 12.8. The lowest BCUT2D eigenvalue weighted by atomic mass is 10.1. The molecular formula is C24H23N3O3. The number of amides is 2. The van der Waals surface area contributed by atoms with E-state index in [1.54, 1.807) is 23.4 Å². The van der Waals surface area contributed by atoms with Crippen LogP contribution < -0.4 is 10.1 Å². The van der Waals surface area contributed by atoms with Gasteiger partial charge in [-0.05, 0) is 41.5 Å². The lowest BCUT2D eigenvalue weighted by Crippen LogP contribution is -2.33. The Morgan fingerprint density at radius 2 is 1.80 bits per heavy atom. The van der Waals surface area contributed by atoms with Crippen molar-refractivity contribution in [2.24, 2.45) is 0 Å². The van der Waals surface area contributed by atoms with Gasteiger partial charge in [-0.25, -0.2) is 0 Å². The molecule has 0 aliphatic carbocycles. The van der Waals surface area contributed by atoms with Gasteiger partial charge in [-0.1, -0.05) is 30.3 Å². The summed E-state index contributed by atoms with van der Waals surface area (Å²) < 4.78 is 5.81. The van der Waals surface area contributed by atoms with E-state index in [1.807, 2.05) is 54.6 Å². The fourth-order valence-corrected chi connectivity index (χ4v) is 3.42. The first-order valence-electron chi connectivity index (χ1n) is 9.93. The summed E-state index contributed by atoms with van der Waals surface area (Å²) in [5, 5.41) is 2.94. The van der Waals surface area contributed by atoms with Crippen molar-refractivity contribution in [3.05, 3.63) is 95.3 Å². The first-order chi connectivity index (χ1) is 14.7. The molecule has 1 aliphatic heterocycles. The number of nitrogens with one attached hydrogen (secondary N) is 1. The molecule has 0 spiro atoms. The molecule has 6 heteroatoms. The summed E-state index contributed by atoms with van der Waals surface area (Å²) in [7, 11) is 0. The Balaban J connectivity index is 1.44. The Morgan fingerprint density at radius 3 is 2.60 bits per heavy atom. The Morgan fingerprint density at radius 1 is 1.00 bits per heavy atom. The average molecular weight is 401 g/mol. The molecule has 152 valence electrons. The second kappa shape index (κ2) is 9.22. The Labute approximate surface area is 175 Å². The van der Waals surface area contributed by atoms with Crippen molar-refractivity contribution in [2.75, 3.05) is 13.2 Å². The van der Waals surface area contributed by atoms with Crippen LogP contribution in [-0.2, 0) is 24.3 Å². The van der Waals surface area contributed by atoms with Gasteiger partial charge in [0.2, 0.25) is 5.91 Å². The standard InChI is InChI=1S/C24H23N3O3/c28-23(14-18-8-10-25-11-9-18)27-12-13-30-22-7-6-20(15-21(22)17-27)24(29)26-16-19-4-2-1-3-5-19/h1-11,15H,12-14,16-17H2,(H,26,29). The second-order valence-electron chi connectivity index (χ2n) is 7.19. The minimum absolute atomic E-state index is 0.0246. The van der Waals surface area contributed by atoms with Crippen LogP contribution in [0.1, 0.15) is 27.0 Å². The maximum Gasteiger partial charge on any atom is 0.251 e. The van der Waals surface area contributed by atoms with Gasteiger partial charge in [0.1, 0.15) is 12.4 Å². The molecule has 1 N–H and O–H groups in total. The number of carbonyl (C=O) groups is 2. The first kappa shape index (κ1) is 19.6. The van der Waals surface area contributed by atoms with Crippen LogP contribution in [0.3, 0.4) is 0 Å². The van der Waals surface area contributed by atoms with Gasteiger partial charge in [0.05, 0.1) is 13.0 Å². The quantitative estimate of drug-likeness (QED) is 0.714. The van der Waals surface area contributed by atoms with E-state index in [0.717, 1.165) is 16.7 Å². The highest BCUT2D eigenvalue weighted by Crippen LogP contribution is 2.25. The van der Waals surface area contributed by atoms with Crippen LogP contribution in [0.4, 0.5) is 0 Å². The fourth-order valence-electron chi connectivity index (χ4n) is 3.42. The molecule has 0 unspecified atom stereocenters. The Bertz CT molecular complexity index is 1020. The number of nitrogens with zero attached hydrogens (tertiary/aromatic N) is 2. The molecule has 1 aromatic heterocycles. The molecule has 0 saturated heterocycles. The predicted molar refractivity (Wildman–Crippen MR) is 113 cm³/mol. The molecule has 4 rings (SSSR count). The lowest BCUT2D eigenvalue weighted by molar-refractivity contribution is -0.131. The predicted octanol–water partition coefficient (Wildman–Crippen LogP) is 2.98. The fraction of sp³-hybridized carbons (Fsp3) is 0.208. The largest absolute Gasteiger partial charge is 0.491 e. The van der Waals surface area contributed by atoms with E-state index in [2.05, 4.69) is 10.3 Å². The van der Waals surface area contributed by atoms with Crippen molar-refractivity contribution < 1.29 is 14.3 Å². The van der Waals surface area contributed by atoms with Crippen molar-refractivity contribution in [1.82, 2.24) is 15.2 Å². The highest BCUT2D eigenvalue weighted by molar-refractivity contribution is 5.94. The second-order valence-corrected chi connectivity index (χ2v) is 7.19. The molecule has 3 aromatic rings. The first-order valence-corrected chi connectivity index (χ1v) is 9.93. The van der Waals surface area contributed by atoms with Crippen molar-refractivity contribution in [1.29, 1.82) is 0 Å². The number of benzene rings is 2. The van der Waals surface area contributed by atoms with Gasteiger partial charge in [-0.3, -0.25) is 14.6 Å². The summed E-state index contributed by atoms with van der Waals surface area (Å²) in [5.74, 6) is 0.589. The molecule has 0 radical (unpaired) electrons. The zero-order valence-corrected chi connectivity index (χ0v) is 16.6. The molecule has 2 heterocycles. The smallest absolute Gasteiger partial charge is 0.251 e. The number of rotatable bonds is 5. The van der Waals surface area contributed by atoms with Crippen LogP contribution in [0.25, 0.3) is 0 Å². The van der Waals surface area contributed by atoms with Crippen LogP contribution in [0, 0.1) is 0 Å². The van der Waals surface area contributed by atoms with Gasteiger partial charge in [0, 0.05) is 36.6 Å². The zero-order valence-electron chi connectivity index (χ0n) is 16.6. The maximum atomic E-state index is 12.8. The van der Waals surface area contributed by atoms with Crippen molar-refractivity contribution >= 4 is 11.8 Å². The average Bonchev–Trinajstić information content (AvgIpc) is 3.01. The SMILES string of the molecule is O=C(NCc1ccccc1)c1ccc2c(c1)CN(C(=O)Cc1ccncc1)CCO2. The minimum Gasteiger partial charge on any atom is -0.491 e. The summed E-state index contributed by atoms with van der Waals surface area (Å²) in [6.07, 6.45) is 3.68. The zero-order chi connectivity index (χ0) is 20.8. The Hall–Kier alpha value is -3.67. The van der Waals surface area contributed by atoms with Crippen LogP contribution >= 0.6 is 0 Å². The number of ether oxygens (including phenoxy) is 1. The lowest BCUT2D eigenvalue weighted by Gasteiger charge is -2.20. The van der Waals surface area contributed by atoms with Crippen molar-refractivity contribution in [3.63, 3.8) is 0 Å². The molecule has 30 heavy (non-hydrogen) atoms. The number of hydrogen-bond donors (Lipinski definition) is 1. The van der Waals surface area contributed by atoms with E-state index in [-0.39, 0.29) is 11.8 Å². The van der Waals surface area contributed by atoms with E-state index < -0.39 is 0 Å². The molecular weight excluding hydrogens is 378 g/mol. The highest BCUT2D eigenvalue weighted by atomic mass is 16.5. The van der Waals surface area contributed by atoms with Gasteiger partial charge in [0.25, 0.3) is 5.91 Å². The topological polar surface area (TPSA) is 71.5 Å². The molecule has 2 aromatic carbocycles. The summed E-state index contributed by atoms with van der Waals surface area (Å²) >= 11 is 0. The summed E-state index contributed by atoms with van der Waals surface area (Å²) in [4.78, 5) is 31.2. The molecule has 0 fully saturated rings.